The Kier molecular flexibility index (Phi) is 7.02. The van der Waals surface area contributed by atoms with Crippen LogP contribution in [0.5, 0.6) is 11.5 Å². The lowest BCUT2D eigenvalue weighted by molar-refractivity contribution is 0.0734. The molecule has 3 aromatic rings. The molecule has 0 aliphatic heterocycles. The Hall–Kier alpha value is -3.14. The molecule has 0 aliphatic rings. The first-order valence-electron chi connectivity index (χ1n) is 11.0. The Morgan fingerprint density at radius 3 is 1.94 bits per heavy atom. The lowest BCUT2D eigenvalue weighted by atomic mass is 9.78. The summed E-state index contributed by atoms with van der Waals surface area (Å²) in [6.45, 7) is 10.7. The first kappa shape index (κ1) is 23.5. The zero-order valence-corrected chi connectivity index (χ0v) is 19.4. The number of hydrogen-bond acceptors (Lipinski definition) is 3. The molecule has 0 bridgehead atoms. The molecular formula is C28H31FO3. The molecular weight excluding hydrogens is 403 g/mol. The van der Waals surface area contributed by atoms with Crippen molar-refractivity contribution >= 4 is 5.97 Å². The molecule has 0 amide bonds. The number of carbonyl (C=O) groups excluding carboxylic acids is 1. The summed E-state index contributed by atoms with van der Waals surface area (Å²) in [4.78, 5) is 12.2. The van der Waals surface area contributed by atoms with Crippen LogP contribution in [0.2, 0.25) is 0 Å². The normalized spacial score (nSPS) is 11.8. The smallest absolute Gasteiger partial charge is 0.343 e. The van der Waals surface area contributed by atoms with Crippen LogP contribution in [-0.2, 0) is 5.41 Å². The predicted octanol–water partition coefficient (Wildman–Crippen LogP) is 7.33. The SMILES string of the molecule is CCCC(C)(C)Oc1ccc(C(C)(C)c2ccc(OC(=O)c3cccc(F)c3)cc2)cc1. The van der Waals surface area contributed by atoms with Gasteiger partial charge in [0.15, 0.2) is 0 Å². The van der Waals surface area contributed by atoms with Gasteiger partial charge in [0.25, 0.3) is 0 Å². The van der Waals surface area contributed by atoms with Crippen molar-refractivity contribution in [2.24, 2.45) is 0 Å². The van der Waals surface area contributed by atoms with E-state index >= 15 is 0 Å². The van der Waals surface area contributed by atoms with E-state index < -0.39 is 11.8 Å². The minimum Gasteiger partial charge on any atom is -0.488 e. The molecule has 0 aromatic heterocycles. The van der Waals surface area contributed by atoms with Gasteiger partial charge in [-0.3, -0.25) is 0 Å². The first-order valence-corrected chi connectivity index (χ1v) is 11.0. The van der Waals surface area contributed by atoms with Crippen LogP contribution in [0.3, 0.4) is 0 Å². The molecule has 0 N–H and O–H groups in total. The Morgan fingerprint density at radius 1 is 0.844 bits per heavy atom. The molecule has 0 unspecified atom stereocenters. The number of ether oxygens (including phenoxy) is 2. The third-order valence-corrected chi connectivity index (χ3v) is 5.67. The van der Waals surface area contributed by atoms with E-state index in [-0.39, 0.29) is 16.6 Å². The average Bonchev–Trinajstić information content (AvgIpc) is 2.74. The van der Waals surface area contributed by atoms with Crippen molar-refractivity contribution in [1.82, 2.24) is 0 Å². The highest BCUT2D eigenvalue weighted by atomic mass is 19.1. The second-order valence-corrected chi connectivity index (χ2v) is 9.19. The van der Waals surface area contributed by atoms with Crippen LogP contribution < -0.4 is 9.47 Å². The van der Waals surface area contributed by atoms with Gasteiger partial charge in [-0.05, 0) is 73.9 Å². The minimum atomic E-state index is -0.585. The molecule has 32 heavy (non-hydrogen) atoms. The quantitative estimate of drug-likeness (QED) is 0.275. The number of carbonyl (C=O) groups is 1. The zero-order chi connectivity index (χ0) is 23.4. The van der Waals surface area contributed by atoms with Gasteiger partial charge < -0.3 is 9.47 Å². The fraction of sp³-hybridized carbons (Fsp3) is 0.321. The highest BCUT2D eigenvalue weighted by molar-refractivity contribution is 5.91. The summed E-state index contributed by atoms with van der Waals surface area (Å²) >= 11 is 0. The van der Waals surface area contributed by atoms with Crippen molar-refractivity contribution in [1.29, 1.82) is 0 Å². The number of benzene rings is 3. The fourth-order valence-corrected chi connectivity index (χ4v) is 3.80. The topological polar surface area (TPSA) is 35.5 Å². The van der Waals surface area contributed by atoms with Gasteiger partial charge in [-0.15, -0.1) is 0 Å². The number of hydrogen-bond donors (Lipinski definition) is 0. The second kappa shape index (κ2) is 9.56. The third-order valence-electron chi connectivity index (χ3n) is 5.67. The van der Waals surface area contributed by atoms with Crippen molar-refractivity contribution in [3.63, 3.8) is 0 Å². The van der Waals surface area contributed by atoms with Gasteiger partial charge in [-0.2, -0.15) is 0 Å². The van der Waals surface area contributed by atoms with Gasteiger partial charge >= 0.3 is 5.97 Å². The summed E-state index contributed by atoms with van der Waals surface area (Å²) in [5, 5.41) is 0. The van der Waals surface area contributed by atoms with Crippen LogP contribution in [0.4, 0.5) is 4.39 Å². The van der Waals surface area contributed by atoms with E-state index in [9.17, 15) is 9.18 Å². The van der Waals surface area contributed by atoms with E-state index in [0.717, 1.165) is 35.8 Å². The van der Waals surface area contributed by atoms with Crippen LogP contribution >= 0.6 is 0 Å². The van der Waals surface area contributed by atoms with Gasteiger partial charge in [0, 0.05) is 5.41 Å². The van der Waals surface area contributed by atoms with Gasteiger partial charge in [0.05, 0.1) is 5.56 Å². The Labute approximate surface area is 190 Å². The molecule has 0 spiro atoms. The molecule has 3 nitrogen and oxygen atoms in total. The standard InChI is InChI=1S/C28H31FO3/c1-6-18-27(2,3)32-25-16-12-22(13-17-25)28(4,5)21-10-14-24(15-11-21)31-26(30)20-8-7-9-23(29)19-20/h7-17,19H,6,18H2,1-5H3. The van der Waals surface area contributed by atoms with E-state index in [1.54, 1.807) is 12.1 Å². The molecule has 168 valence electrons. The molecule has 0 radical (unpaired) electrons. The van der Waals surface area contributed by atoms with Gasteiger partial charge in [0.2, 0.25) is 0 Å². The van der Waals surface area contributed by atoms with Gasteiger partial charge in [-0.25, -0.2) is 9.18 Å². The predicted molar refractivity (Wildman–Crippen MR) is 126 cm³/mol. The summed E-state index contributed by atoms with van der Waals surface area (Å²) in [5.74, 6) is 0.225. The zero-order valence-electron chi connectivity index (χ0n) is 19.4. The maximum Gasteiger partial charge on any atom is 0.343 e. The maximum atomic E-state index is 13.3. The van der Waals surface area contributed by atoms with Crippen molar-refractivity contribution in [2.45, 2.75) is 58.5 Å². The van der Waals surface area contributed by atoms with Crippen LogP contribution in [-0.4, -0.2) is 11.6 Å². The van der Waals surface area contributed by atoms with Crippen molar-refractivity contribution in [3.05, 3.63) is 95.3 Å². The third kappa shape index (κ3) is 5.76. The van der Waals surface area contributed by atoms with Crippen molar-refractivity contribution < 1.29 is 18.7 Å². The number of halogens is 1. The molecule has 3 aromatic carbocycles. The molecule has 0 atom stereocenters. The van der Waals surface area contributed by atoms with Crippen molar-refractivity contribution in [2.75, 3.05) is 0 Å². The van der Waals surface area contributed by atoms with E-state index in [4.69, 9.17) is 9.47 Å². The summed E-state index contributed by atoms with van der Waals surface area (Å²) in [6, 6.07) is 21.1. The van der Waals surface area contributed by atoms with Crippen LogP contribution in [0.25, 0.3) is 0 Å². The van der Waals surface area contributed by atoms with E-state index in [2.05, 4.69) is 46.8 Å². The largest absolute Gasteiger partial charge is 0.488 e. The van der Waals surface area contributed by atoms with Crippen molar-refractivity contribution in [3.8, 4) is 11.5 Å². The highest BCUT2D eigenvalue weighted by Gasteiger charge is 2.24. The van der Waals surface area contributed by atoms with E-state index in [1.807, 2.05) is 24.3 Å². The van der Waals surface area contributed by atoms with Crippen LogP contribution in [0.15, 0.2) is 72.8 Å². The lowest BCUT2D eigenvalue weighted by Gasteiger charge is -2.28. The summed E-state index contributed by atoms with van der Waals surface area (Å²) in [7, 11) is 0. The Morgan fingerprint density at radius 2 is 1.41 bits per heavy atom. The maximum absolute atomic E-state index is 13.3. The summed E-state index contributed by atoms with van der Waals surface area (Å²) in [5.41, 5.74) is 1.98. The lowest BCUT2D eigenvalue weighted by Crippen LogP contribution is -2.27. The Balaban J connectivity index is 1.71. The highest BCUT2D eigenvalue weighted by Crippen LogP contribution is 2.34. The van der Waals surface area contributed by atoms with Gasteiger partial charge in [0.1, 0.15) is 22.9 Å². The molecule has 0 saturated heterocycles. The molecule has 0 heterocycles. The van der Waals surface area contributed by atoms with Crippen LogP contribution in [0.1, 0.15) is 68.9 Å². The number of esters is 1. The number of rotatable bonds is 8. The molecule has 4 heteroatoms. The van der Waals surface area contributed by atoms with Crippen LogP contribution in [0, 0.1) is 5.82 Å². The minimum absolute atomic E-state index is 0.179. The fourth-order valence-electron chi connectivity index (χ4n) is 3.80. The first-order chi connectivity index (χ1) is 15.1. The van der Waals surface area contributed by atoms with E-state index in [1.165, 1.54) is 18.2 Å². The molecule has 3 rings (SSSR count). The summed E-state index contributed by atoms with van der Waals surface area (Å²) in [6.07, 6.45) is 2.07. The Bertz CT molecular complexity index is 1050. The summed E-state index contributed by atoms with van der Waals surface area (Å²) < 4.78 is 24.9. The van der Waals surface area contributed by atoms with E-state index in [0.29, 0.717) is 5.75 Å². The second-order valence-electron chi connectivity index (χ2n) is 9.19. The average molecular weight is 435 g/mol. The molecule has 0 aliphatic carbocycles. The monoisotopic (exact) mass is 434 g/mol. The molecule has 0 saturated carbocycles. The molecule has 0 fully saturated rings. The van der Waals surface area contributed by atoms with Gasteiger partial charge in [-0.1, -0.05) is 57.5 Å².